The van der Waals surface area contributed by atoms with Crippen LogP contribution >= 0.6 is 0 Å². The van der Waals surface area contributed by atoms with Gasteiger partial charge in [0.2, 0.25) is 10.0 Å². The maximum atomic E-state index is 12.9. The summed E-state index contributed by atoms with van der Waals surface area (Å²) >= 11 is 0. The van der Waals surface area contributed by atoms with Crippen LogP contribution in [0.2, 0.25) is 0 Å². The van der Waals surface area contributed by atoms with Crippen LogP contribution in [-0.2, 0) is 10.0 Å². The van der Waals surface area contributed by atoms with Crippen LogP contribution in [0.5, 0.6) is 0 Å². The molecule has 3 heterocycles. The summed E-state index contributed by atoms with van der Waals surface area (Å²) in [5, 5.41) is 4.70. The van der Waals surface area contributed by atoms with Crippen molar-refractivity contribution in [1.29, 1.82) is 0 Å². The molecule has 1 amide bonds. The summed E-state index contributed by atoms with van der Waals surface area (Å²) in [7, 11) is -3.68. The van der Waals surface area contributed by atoms with Gasteiger partial charge in [0.15, 0.2) is 5.76 Å². The number of aryl methyl sites for hydroxylation is 2. The van der Waals surface area contributed by atoms with Crippen LogP contribution in [-0.4, -0.2) is 59.8 Å². The van der Waals surface area contributed by atoms with E-state index in [2.05, 4.69) is 10.1 Å². The molecule has 1 aromatic carbocycles. The third-order valence-electron chi connectivity index (χ3n) is 4.85. The number of nitrogens with zero attached hydrogens (tertiary/aromatic N) is 3. The van der Waals surface area contributed by atoms with Crippen molar-refractivity contribution in [3.63, 3.8) is 0 Å². The molecular formula is C18H20N4O4S. The fourth-order valence-corrected chi connectivity index (χ4v) is 5.18. The number of nitrogens with one attached hydrogen (secondary N) is 1. The molecule has 9 heteroatoms. The Morgan fingerprint density at radius 2 is 1.85 bits per heavy atom. The van der Waals surface area contributed by atoms with E-state index in [1.807, 2.05) is 30.3 Å². The minimum absolute atomic E-state index is 0.123. The Morgan fingerprint density at radius 3 is 2.48 bits per heavy atom. The molecule has 0 radical (unpaired) electrons. The Kier molecular flexibility index (Phi) is 4.27. The van der Waals surface area contributed by atoms with Crippen LogP contribution in [0.25, 0.3) is 10.9 Å². The summed E-state index contributed by atoms with van der Waals surface area (Å²) in [5.41, 5.74) is 1.77. The van der Waals surface area contributed by atoms with Crippen molar-refractivity contribution in [2.24, 2.45) is 0 Å². The number of aromatic amines is 1. The van der Waals surface area contributed by atoms with E-state index >= 15 is 0 Å². The van der Waals surface area contributed by atoms with Crippen LogP contribution in [0, 0.1) is 13.8 Å². The molecule has 0 saturated carbocycles. The first kappa shape index (κ1) is 17.7. The average Bonchev–Trinajstić information content (AvgIpc) is 3.24. The molecule has 142 valence electrons. The second-order valence-corrected chi connectivity index (χ2v) is 8.49. The number of sulfonamides is 1. The van der Waals surface area contributed by atoms with Gasteiger partial charge in [-0.3, -0.25) is 4.79 Å². The molecule has 1 aliphatic heterocycles. The molecule has 1 fully saturated rings. The van der Waals surface area contributed by atoms with E-state index in [1.54, 1.807) is 18.7 Å². The minimum Gasteiger partial charge on any atom is -0.360 e. The lowest BCUT2D eigenvalue weighted by atomic mass is 10.2. The number of rotatable bonds is 3. The zero-order valence-electron chi connectivity index (χ0n) is 15.1. The molecule has 0 bridgehead atoms. The van der Waals surface area contributed by atoms with Crippen LogP contribution in [0.4, 0.5) is 0 Å². The van der Waals surface area contributed by atoms with Crippen molar-refractivity contribution in [1.82, 2.24) is 19.3 Å². The molecule has 0 unspecified atom stereocenters. The van der Waals surface area contributed by atoms with Crippen LogP contribution in [0.15, 0.2) is 39.8 Å². The van der Waals surface area contributed by atoms with Crippen LogP contribution < -0.4 is 0 Å². The number of carbonyl (C=O) groups excluding carboxylic acids is 1. The van der Waals surface area contributed by atoms with Gasteiger partial charge in [-0.2, -0.15) is 4.31 Å². The standard InChI is InChI=1S/C18H20N4O4S/c1-12-17(13(2)26-20-12)27(24,25)22-9-7-21(8-10-22)18(23)16-11-14-5-3-4-6-15(14)19-16/h3-6,11,19H,7-10H2,1-2H3. The van der Waals surface area contributed by atoms with Gasteiger partial charge in [-0.25, -0.2) is 8.42 Å². The van der Waals surface area contributed by atoms with Gasteiger partial charge >= 0.3 is 0 Å². The van der Waals surface area contributed by atoms with E-state index in [9.17, 15) is 13.2 Å². The number of benzene rings is 1. The summed E-state index contributed by atoms with van der Waals surface area (Å²) < 4.78 is 32.1. The molecule has 3 aromatic rings. The quantitative estimate of drug-likeness (QED) is 0.739. The second-order valence-electron chi connectivity index (χ2n) is 6.62. The molecule has 0 spiro atoms. The maximum absolute atomic E-state index is 12.9. The zero-order valence-corrected chi connectivity index (χ0v) is 15.9. The van der Waals surface area contributed by atoms with Crippen molar-refractivity contribution in [2.45, 2.75) is 18.7 Å². The molecule has 8 nitrogen and oxygen atoms in total. The van der Waals surface area contributed by atoms with Gasteiger partial charge in [0.05, 0.1) is 0 Å². The fraction of sp³-hybridized carbons (Fsp3) is 0.333. The van der Waals surface area contributed by atoms with Gasteiger partial charge in [-0.05, 0) is 26.0 Å². The van der Waals surface area contributed by atoms with Gasteiger partial charge in [0.1, 0.15) is 16.3 Å². The SMILES string of the molecule is Cc1noc(C)c1S(=O)(=O)N1CCN(C(=O)c2cc3ccccc3[nH]2)CC1. The van der Waals surface area contributed by atoms with Crippen molar-refractivity contribution in [3.8, 4) is 0 Å². The predicted octanol–water partition coefficient (Wildman–Crippen LogP) is 1.92. The summed E-state index contributed by atoms with van der Waals surface area (Å²) in [6.07, 6.45) is 0. The van der Waals surface area contributed by atoms with E-state index < -0.39 is 10.0 Å². The Hall–Kier alpha value is -2.65. The molecule has 1 saturated heterocycles. The molecule has 2 aromatic heterocycles. The monoisotopic (exact) mass is 388 g/mol. The Labute approximate surface area is 156 Å². The fourth-order valence-electron chi connectivity index (χ4n) is 3.46. The van der Waals surface area contributed by atoms with Gasteiger partial charge in [-0.1, -0.05) is 23.4 Å². The number of para-hydroxylation sites is 1. The van der Waals surface area contributed by atoms with E-state index in [0.29, 0.717) is 24.5 Å². The zero-order chi connectivity index (χ0) is 19.2. The minimum atomic E-state index is -3.68. The van der Waals surface area contributed by atoms with Crippen molar-refractivity contribution >= 4 is 26.8 Å². The first-order valence-electron chi connectivity index (χ1n) is 8.68. The average molecular weight is 388 g/mol. The lowest BCUT2D eigenvalue weighted by molar-refractivity contribution is 0.0693. The van der Waals surface area contributed by atoms with Gasteiger partial charge in [0.25, 0.3) is 5.91 Å². The van der Waals surface area contributed by atoms with E-state index in [1.165, 1.54) is 4.31 Å². The summed E-state index contributed by atoms with van der Waals surface area (Å²) in [4.78, 5) is 17.7. The summed E-state index contributed by atoms with van der Waals surface area (Å²) in [6.45, 7) is 4.33. The molecule has 0 atom stereocenters. The largest absolute Gasteiger partial charge is 0.360 e. The lowest BCUT2D eigenvalue weighted by Crippen LogP contribution is -2.50. The number of H-pyrrole nitrogens is 1. The van der Waals surface area contributed by atoms with Crippen molar-refractivity contribution < 1.29 is 17.7 Å². The summed E-state index contributed by atoms with van der Waals surface area (Å²) in [5.74, 6) is 0.157. The van der Waals surface area contributed by atoms with Crippen LogP contribution in [0.3, 0.4) is 0 Å². The Morgan fingerprint density at radius 1 is 1.15 bits per heavy atom. The van der Waals surface area contributed by atoms with Crippen LogP contribution in [0.1, 0.15) is 21.9 Å². The van der Waals surface area contributed by atoms with E-state index in [4.69, 9.17) is 4.52 Å². The lowest BCUT2D eigenvalue weighted by Gasteiger charge is -2.33. The molecule has 27 heavy (non-hydrogen) atoms. The smallest absolute Gasteiger partial charge is 0.270 e. The number of hydrogen-bond donors (Lipinski definition) is 1. The Bertz CT molecular complexity index is 1060. The molecule has 4 rings (SSSR count). The highest BCUT2D eigenvalue weighted by Gasteiger charge is 2.34. The van der Waals surface area contributed by atoms with Crippen molar-refractivity contribution in [3.05, 3.63) is 47.5 Å². The number of hydrogen-bond acceptors (Lipinski definition) is 5. The van der Waals surface area contributed by atoms with Gasteiger partial charge < -0.3 is 14.4 Å². The topological polar surface area (TPSA) is 99.5 Å². The first-order valence-corrected chi connectivity index (χ1v) is 10.1. The Balaban J connectivity index is 1.49. The highest BCUT2D eigenvalue weighted by Crippen LogP contribution is 2.24. The van der Waals surface area contributed by atoms with E-state index in [-0.39, 0.29) is 29.7 Å². The number of carbonyl (C=O) groups is 1. The maximum Gasteiger partial charge on any atom is 0.270 e. The molecule has 0 aliphatic carbocycles. The highest BCUT2D eigenvalue weighted by molar-refractivity contribution is 7.89. The number of fused-ring (bicyclic) bond motifs is 1. The molecule has 1 aliphatic rings. The number of piperazine rings is 1. The summed E-state index contributed by atoms with van der Waals surface area (Å²) in [6, 6.07) is 9.51. The predicted molar refractivity (Wildman–Crippen MR) is 98.9 cm³/mol. The second kappa shape index (κ2) is 6.50. The highest BCUT2D eigenvalue weighted by atomic mass is 32.2. The number of amides is 1. The third kappa shape index (κ3) is 3.02. The van der Waals surface area contributed by atoms with Gasteiger partial charge in [-0.15, -0.1) is 0 Å². The van der Waals surface area contributed by atoms with Gasteiger partial charge in [0, 0.05) is 37.1 Å². The van der Waals surface area contributed by atoms with E-state index in [0.717, 1.165) is 10.9 Å². The third-order valence-corrected chi connectivity index (χ3v) is 7.00. The first-order chi connectivity index (χ1) is 12.9. The number of aromatic nitrogens is 2. The molecular weight excluding hydrogens is 368 g/mol. The molecule has 1 N–H and O–H groups in total. The van der Waals surface area contributed by atoms with Crippen molar-refractivity contribution in [2.75, 3.05) is 26.2 Å². The normalized spacial score (nSPS) is 16.1.